The van der Waals surface area contributed by atoms with Crippen molar-refractivity contribution in [3.63, 3.8) is 0 Å². The van der Waals surface area contributed by atoms with Gasteiger partial charge in [-0.05, 0) is 19.9 Å². The first kappa shape index (κ1) is 10.8. The summed E-state index contributed by atoms with van der Waals surface area (Å²) in [6.07, 6.45) is 3.32. The normalized spacial score (nSPS) is 50.3. The van der Waals surface area contributed by atoms with E-state index in [2.05, 4.69) is 0 Å². The lowest BCUT2D eigenvalue weighted by molar-refractivity contribution is -0.160. The zero-order valence-corrected chi connectivity index (χ0v) is 9.93. The first-order valence-corrected chi connectivity index (χ1v) is 5.63. The van der Waals surface area contributed by atoms with Crippen LogP contribution in [0, 0.1) is 11.8 Å². The standard InChI is InChI=1S/C12H14O5/c1-6-12-5-4-11(2,17-12)7(9(13)15-3)8(12)10(14)16-6/h4-8H,1-3H3/t6-,7-,8-,11-,12+/m1/s1. The van der Waals surface area contributed by atoms with Gasteiger partial charge in [-0.15, -0.1) is 0 Å². The average molecular weight is 238 g/mol. The van der Waals surface area contributed by atoms with Crippen molar-refractivity contribution in [2.24, 2.45) is 11.8 Å². The Labute approximate surface area is 98.7 Å². The predicted octanol–water partition coefficient (Wildman–Crippen LogP) is 0.435. The molecule has 2 fully saturated rings. The van der Waals surface area contributed by atoms with Crippen LogP contribution in [0.3, 0.4) is 0 Å². The molecule has 0 N–H and O–H groups in total. The minimum absolute atomic E-state index is 0.368. The molecule has 2 saturated heterocycles. The van der Waals surface area contributed by atoms with Gasteiger partial charge in [0.05, 0.1) is 12.7 Å². The zero-order valence-electron chi connectivity index (χ0n) is 9.93. The molecule has 5 nitrogen and oxygen atoms in total. The van der Waals surface area contributed by atoms with Gasteiger partial charge in [0, 0.05) is 0 Å². The summed E-state index contributed by atoms with van der Waals surface area (Å²) in [5, 5.41) is 0. The van der Waals surface area contributed by atoms with Crippen molar-refractivity contribution in [3.8, 4) is 0 Å². The second-order valence-corrected chi connectivity index (χ2v) is 5.03. The molecular formula is C12H14O5. The van der Waals surface area contributed by atoms with Crippen LogP contribution >= 0.6 is 0 Å². The molecule has 0 aromatic carbocycles. The van der Waals surface area contributed by atoms with Gasteiger partial charge in [0.2, 0.25) is 0 Å². The van der Waals surface area contributed by atoms with Crippen LogP contribution in [0.15, 0.2) is 12.2 Å². The van der Waals surface area contributed by atoms with Crippen LogP contribution in [0.4, 0.5) is 0 Å². The quantitative estimate of drug-likeness (QED) is 0.490. The molecule has 17 heavy (non-hydrogen) atoms. The number of hydrogen-bond acceptors (Lipinski definition) is 5. The average Bonchev–Trinajstić information content (AvgIpc) is 2.84. The van der Waals surface area contributed by atoms with Crippen LogP contribution in [0.25, 0.3) is 0 Å². The summed E-state index contributed by atoms with van der Waals surface area (Å²) in [6, 6.07) is 0. The van der Waals surface area contributed by atoms with Gasteiger partial charge in [0.25, 0.3) is 0 Å². The summed E-state index contributed by atoms with van der Waals surface area (Å²) < 4.78 is 15.9. The Kier molecular flexibility index (Phi) is 1.84. The fraction of sp³-hybridized carbons (Fsp3) is 0.667. The molecular weight excluding hydrogens is 224 g/mol. The third-order valence-corrected chi connectivity index (χ3v) is 4.15. The number of fused-ring (bicyclic) bond motifs is 1. The Morgan fingerprint density at radius 3 is 2.82 bits per heavy atom. The van der Waals surface area contributed by atoms with E-state index in [0.29, 0.717) is 0 Å². The Morgan fingerprint density at radius 1 is 1.47 bits per heavy atom. The monoisotopic (exact) mass is 238 g/mol. The Bertz CT molecular complexity index is 434. The SMILES string of the molecule is COC(=O)[C@H]1[C@@H]2C(=O)O[C@H](C)[C@@]23C=C[C@@]1(C)O3. The van der Waals surface area contributed by atoms with Gasteiger partial charge in [0.15, 0.2) is 0 Å². The largest absolute Gasteiger partial charge is 0.469 e. The third-order valence-electron chi connectivity index (χ3n) is 4.15. The van der Waals surface area contributed by atoms with E-state index >= 15 is 0 Å². The Hall–Kier alpha value is -1.36. The molecule has 0 saturated carbocycles. The molecule has 3 aliphatic rings. The first-order chi connectivity index (χ1) is 7.94. The highest BCUT2D eigenvalue weighted by Crippen LogP contribution is 2.58. The minimum Gasteiger partial charge on any atom is -0.469 e. The maximum atomic E-state index is 11.9. The highest BCUT2D eigenvalue weighted by Gasteiger charge is 2.73. The highest BCUT2D eigenvalue weighted by atomic mass is 16.6. The van der Waals surface area contributed by atoms with Gasteiger partial charge in [-0.3, -0.25) is 9.59 Å². The van der Waals surface area contributed by atoms with E-state index in [4.69, 9.17) is 14.2 Å². The van der Waals surface area contributed by atoms with E-state index in [0.717, 1.165) is 0 Å². The molecule has 0 unspecified atom stereocenters. The number of carbonyl (C=O) groups excluding carboxylic acids is 2. The molecule has 5 atom stereocenters. The maximum Gasteiger partial charge on any atom is 0.313 e. The fourth-order valence-electron chi connectivity index (χ4n) is 3.30. The van der Waals surface area contributed by atoms with Crippen molar-refractivity contribution >= 4 is 11.9 Å². The van der Waals surface area contributed by atoms with Crippen LogP contribution in [0.2, 0.25) is 0 Å². The summed E-state index contributed by atoms with van der Waals surface area (Å²) in [5.41, 5.74) is -1.55. The molecule has 0 amide bonds. The molecule has 0 radical (unpaired) electrons. The van der Waals surface area contributed by atoms with Gasteiger partial charge in [-0.2, -0.15) is 0 Å². The topological polar surface area (TPSA) is 61.8 Å². The Morgan fingerprint density at radius 2 is 2.18 bits per heavy atom. The molecule has 3 aliphatic heterocycles. The summed E-state index contributed by atoms with van der Waals surface area (Å²) in [7, 11) is 1.32. The van der Waals surface area contributed by atoms with E-state index in [1.54, 1.807) is 13.8 Å². The van der Waals surface area contributed by atoms with E-state index < -0.39 is 29.0 Å². The van der Waals surface area contributed by atoms with Gasteiger partial charge in [0.1, 0.15) is 23.5 Å². The summed E-state index contributed by atoms with van der Waals surface area (Å²) in [6.45, 7) is 3.59. The second-order valence-electron chi connectivity index (χ2n) is 5.03. The van der Waals surface area contributed by atoms with E-state index in [-0.39, 0.29) is 12.1 Å². The Balaban J connectivity index is 2.11. The van der Waals surface area contributed by atoms with Crippen molar-refractivity contribution in [1.82, 2.24) is 0 Å². The number of hydrogen-bond donors (Lipinski definition) is 0. The van der Waals surface area contributed by atoms with Crippen LogP contribution in [-0.4, -0.2) is 36.4 Å². The minimum atomic E-state index is -0.787. The lowest BCUT2D eigenvalue weighted by Crippen LogP contribution is -2.43. The first-order valence-electron chi connectivity index (χ1n) is 5.63. The van der Waals surface area contributed by atoms with E-state index in [1.807, 2.05) is 12.2 Å². The van der Waals surface area contributed by atoms with Gasteiger partial charge < -0.3 is 14.2 Å². The maximum absolute atomic E-state index is 11.9. The van der Waals surface area contributed by atoms with E-state index in [9.17, 15) is 9.59 Å². The number of rotatable bonds is 1. The number of esters is 2. The molecule has 3 rings (SSSR count). The van der Waals surface area contributed by atoms with Gasteiger partial charge >= 0.3 is 11.9 Å². The molecule has 0 aromatic rings. The second kappa shape index (κ2) is 2.90. The molecule has 92 valence electrons. The zero-order chi connectivity index (χ0) is 12.4. The molecule has 2 bridgehead atoms. The number of methoxy groups -OCH3 is 1. The van der Waals surface area contributed by atoms with Crippen molar-refractivity contribution < 1.29 is 23.8 Å². The number of carbonyl (C=O) groups is 2. The lowest BCUT2D eigenvalue weighted by Gasteiger charge is -2.25. The predicted molar refractivity (Wildman–Crippen MR) is 55.9 cm³/mol. The van der Waals surface area contributed by atoms with E-state index in [1.165, 1.54) is 7.11 Å². The molecule has 3 heterocycles. The van der Waals surface area contributed by atoms with Crippen molar-refractivity contribution in [2.75, 3.05) is 7.11 Å². The lowest BCUT2D eigenvalue weighted by atomic mass is 9.71. The summed E-state index contributed by atoms with van der Waals surface area (Å²) in [5.74, 6) is -1.99. The van der Waals surface area contributed by atoms with Crippen LogP contribution in [0.1, 0.15) is 13.8 Å². The van der Waals surface area contributed by atoms with Crippen molar-refractivity contribution in [3.05, 3.63) is 12.2 Å². The molecule has 0 aliphatic carbocycles. The third kappa shape index (κ3) is 1.03. The highest BCUT2D eigenvalue weighted by molar-refractivity contribution is 5.88. The smallest absolute Gasteiger partial charge is 0.313 e. The molecule has 0 aromatic heterocycles. The number of cyclic esters (lactones) is 1. The summed E-state index contributed by atoms with van der Waals surface area (Å²) >= 11 is 0. The number of ether oxygens (including phenoxy) is 3. The fourth-order valence-corrected chi connectivity index (χ4v) is 3.30. The van der Waals surface area contributed by atoms with Crippen LogP contribution in [0.5, 0.6) is 0 Å². The van der Waals surface area contributed by atoms with Crippen molar-refractivity contribution in [1.29, 1.82) is 0 Å². The van der Waals surface area contributed by atoms with Gasteiger partial charge in [-0.1, -0.05) is 6.08 Å². The molecule has 1 spiro atoms. The van der Waals surface area contributed by atoms with Gasteiger partial charge in [-0.25, -0.2) is 0 Å². The molecule has 5 heteroatoms. The van der Waals surface area contributed by atoms with Crippen LogP contribution < -0.4 is 0 Å². The summed E-state index contributed by atoms with van der Waals surface area (Å²) in [4.78, 5) is 23.7. The van der Waals surface area contributed by atoms with Crippen LogP contribution in [-0.2, 0) is 23.8 Å². The van der Waals surface area contributed by atoms with Crippen molar-refractivity contribution in [2.45, 2.75) is 31.2 Å².